The molecule has 2 nitrogen and oxygen atoms in total. The van der Waals surface area contributed by atoms with Crippen LogP contribution in [-0.4, -0.2) is 17.8 Å². The monoisotopic (exact) mass is 127 g/mol. The fraction of sp³-hybridized carbons (Fsp3) is 1.00. The molecule has 0 aromatic carbocycles. The van der Waals surface area contributed by atoms with E-state index in [4.69, 9.17) is 4.84 Å². The van der Waals surface area contributed by atoms with Crippen molar-refractivity contribution in [1.82, 2.24) is 5.06 Å². The molecule has 2 saturated heterocycles. The third kappa shape index (κ3) is 1.25. The van der Waals surface area contributed by atoms with Crippen LogP contribution in [-0.2, 0) is 4.84 Å². The standard InChI is InChI=1S/C7H13NO/c1-2-4-6-8-7(9-8)5-3-1/h7H,1-6H2. The molecule has 2 aliphatic rings. The largest absolute Gasteiger partial charge is 0.275 e. The molecule has 0 radical (unpaired) electrons. The normalized spacial score (nSPS) is 42.7. The van der Waals surface area contributed by atoms with Crippen molar-refractivity contribution in [3.05, 3.63) is 0 Å². The number of hydrogen-bond acceptors (Lipinski definition) is 2. The lowest BCUT2D eigenvalue weighted by molar-refractivity contribution is 0.197. The van der Waals surface area contributed by atoms with Gasteiger partial charge in [-0.15, -0.1) is 0 Å². The zero-order valence-electron chi connectivity index (χ0n) is 5.68. The van der Waals surface area contributed by atoms with E-state index in [1.165, 1.54) is 38.6 Å². The van der Waals surface area contributed by atoms with Gasteiger partial charge in [0, 0.05) is 6.54 Å². The van der Waals surface area contributed by atoms with Gasteiger partial charge in [-0.25, -0.2) is 0 Å². The first-order valence-corrected chi connectivity index (χ1v) is 3.90. The Morgan fingerprint density at radius 1 is 1.11 bits per heavy atom. The average molecular weight is 127 g/mol. The predicted molar refractivity (Wildman–Crippen MR) is 34.7 cm³/mol. The quantitative estimate of drug-likeness (QED) is 0.458. The van der Waals surface area contributed by atoms with E-state index < -0.39 is 0 Å². The summed E-state index contributed by atoms with van der Waals surface area (Å²) < 4.78 is 0. The van der Waals surface area contributed by atoms with E-state index in [0.717, 1.165) is 0 Å². The smallest absolute Gasteiger partial charge is 0.154 e. The highest BCUT2D eigenvalue weighted by Crippen LogP contribution is 2.28. The van der Waals surface area contributed by atoms with Crippen LogP contribution in [0.25, 0.3) is 0 Å². The molecule has 0 bridgehead atoms. The second-order valence-electron chi connectivity index (χ2n) is 2.90. The molecule has 9 heavy (non-hydrogen) atoms. The molecule has 2 heteroatoms. The second-order valence-corrected chi connectivity index (χ2v) is 2.90. The molecule has 0 saturated carbocycles. The van der Waals surface area contributed by atoms with Gasteiger partial charge >= 0.3 is 0 Å². The molecule has 0 aromatic heterocycles. The number of rotatable bonds is 0. The number of nitrogens with zero attached hydrogens (tertiary/aromatic N) is 1. The maximum atomic E-state index is 5.27. The van der Waals surface area contributed by atoms with E-state index >= 15 is 0 Å². The van der Waals surface area contributed by atoms with Crippen LogP contribution in [0.5, 0.6) is 0 Å². The van der Waals surface area contributed by atoms with Gasteiger partial charge in [0.15, 0.2) is 6.23 Å². The Morgan fingerprint density at radius 3 is 3.00 bits per heavy atom. The van der Waals surface area contributed by atoms with Gasteiger partial charge in [0.25, 0.3) is 0 Å². The lowest BCUT2D eigenvalue weighted by Gasteiger charge is -2.03. The SMILES string of the molecule is C1CCCN2OC2CC1. The van der Waals surface area contributed by atoms with Crippen molar-refractivity contribution in [3.8, 4) is 0 Å². The van der Waals surface area contributed by atoms with Gasteiger partial charge in [-0.3, -0.25) is 4.84 Å². The van der Waals surface area contributed by atoms with E-state index in [-0.39, 0.29) is 0 Å². The molecular weight excluding hydrogens is 114 g/mol. The molecule has 2 heterocycles. The van der Waals surface area contributed by atoms with Crippen LogP contribution in [0.2, 0.25) is 0 Å². The van der Waals surface area contributed by atoms with Gasteiger partial charge in [0.1, 0.15) is 0 Å². The van der Waals surface area contributed by atoms with Crippen molar-refractivity contribution >= 4 is 0 Å². The van der Waals surface area contributed by atoms with Gasteiger partial charge in [-0.1, -0.05) is 12.8 Å². The Balaban J connectivity index is 1.81. The Kier molecular flexibility index (Phi) is 1.44. The second kappa shape index (κ2) is 2.27. The minimum atomic E-state index is 0.519. The zero-order valence-corrected chi connectivity index (χ0v) is 5.68. The highest BCUT2D eigenvalue weighted by molar-refractivity contribution is 4.68. The van der Waals surface area contributed by atoms with Crippen molar-refractivity contribution in [1.29, 1.82) is 0 Å². The Morgan fingerprint density at radius 2 is 2.00 bits per heavy atom. The van der Waals surface area contributed by atoms with E-state index in [1.807, 2.05) is 0 Å². The summed E-state index contributed by atoms with van der Waals surface area (Å²) in [5.41, 5.74) is 0. The lowest BCUT2D eigenvalue weighted by atomic mass is 10.1. The minimum Gasteiger partial charge on any atom is -0.275 e. The highest BCUT2D eigenvalue weighted by Gasteiger charge is 2.35. The minimum absolute atomic E-state index is 0.519. The van der Waals surface area contributed by atoms with Gasteiger partial charge in [0.05, 0.1) is 0 Å². The Hall–Kier alpha value is -0.0800. The van der Waals surface area contributed by atoms with E-state index in [9.17, 15) is 0 Å². The maximum Gasteiger partial charge on any atom is 0.154 e. The predicted octanol–water partition coefficient (Wildman–Crippen LogP) is 1.52. The molecule has 0 aliphatic carbocycles. The van der Waals surface area contributed by atoms with Crippen LogP contribution < -0.4 is 0 Å². The van der Waals surface area contributed by atoms with Gasteiger partial charge in [-0.2, -0.15) is 5.06 Å². The zero-order chi connectivity index (χ0) is 6.10. The van der Waals surface area contributed by atoms with Gasteiger partial charge in [-0.05, 0) is 19.3 Å². The molecule has 2 atom stereocenters. The summed E-state index contributed by atoms with van der Waals surface area (Å²) in [4.78, 5) is 5.27. The maximum absolute atomic E-state index is 5.27. The van der Waals surface area contributed by atoms with Crippen LogP contribution >= 0.6 is 0 Å². The Labute approximate surface area is 55.7 Å². The number of fused-ring (bicyclic) bond motifs is 1. The first kappa shape index (κ1) is 5.69. The highest BCUT2D eigenvalue weighted by atomic mass is 16.8. The van der Waals surface area contributed by atoms with Crippen molar-refractivity contribution in [2.24, 2.45) is 0 Å². The van der Waals surface area contributed by atoms with E-state index in [2.05, 4.69) is 5.06 Å². The van der Waals surface area contributed by atoms with E-state index in [1.54, 1.807) is 0 Å². The Bertz CT molecular complexity index is 93.1. The number of hydroxylamine groups is 2. The topological polar surface area (TPSA) is 15.5 Å². The van der Waals surface area contributed by atoms with Crippen LogP contribution in [0.1, 0.15) is 32.1 Å². The third-order valence-corrected chi connectivity index (χ3v) is 2.11. The van der Waals surface area contributed by atoms with Crippen molar-refractivity contribution < 1.29 is 4.84 Å². The van der Waals surface area contributed by atoms with E-state index in [0.29, 0.717) is 6.23 Å². The molecule has 0 spiro atoms. The van der Waals surface area contributed by atoms with Crippen LogP contribution in [0, 0.1) is 0 Å². The van der Waals surface area contributed by atoms with Crippen molar-refractivity contribution in [2.45, 2.75) is 38.3 Å². The molecular formula is C7H13NO. The summed E-state index contributed by atoms with van der Waals surface area (Å²) in [7, 11) is 0. The molecule has 0 N–H and O–H groups in total. The molecule has 52 valence electrons. The van der Waals surface area contributed by atoms with Crippen LogP contribution in [0.4, 0.5) is 0 Å². The molecule has 2 unspecified atom stereocenters. The lowest BCUT2D eigenvalue weighted by Crippen LogP contribution is -2.06. The summed E-state index contributed by atoms with van der Waals surface area (Å²) in [6.45, 7) is 1.17. The molecule has 2 aliphatic heterocycles. The summed E-state index contributed by atoms with van der Waals surface area (Å²) in [6, 6.07) is 0. The fourth-order valence-electron chi connectivity index (χ4n) is 1.46. The first-order valence-electron chi connectivity index (χ1n) is 3.90. The first-order chi connectivity index (χ1) is 4.47. The van der Waals surface area contributed by atoms with Gasteiger partial charge in [0.2, 0.25) is 0 Å². The molecule has 2 rings (SSSR count). The third-order valence-electron chi connectivity index (χ3n) is 2.11. The van der Waals surface area contributed by atoms with Crippen molar-refractivity contribution in [2.75, 3.05) is 6.54 Å². The summed E-state index contributed by atoms with van der Waals surface area (Å²) in [5.74, 6) is 0. The fourth-order valence-corrected chi connectivity index (χ4v) is 1.46. The molecule has 0 aromatic rings. The van der Waals surface area contributed by atoms with Crippen LogP contribution in [0.3, 0.4) is 0 Å². The summed E-state index contributed by atoms with van der Waals surface area (Å²) >= 11 is 0. The summed E-state index contributed by atoms with van der Waals surface area (Å²) in [5, 5.41) is 2.11. The summed E-state index contributed by atoms with van der Waals surface area (Å²) in [6.07, 6.45) is 7.28. The van der Waals surface area contributed by atoms with Gasteiger partial charge < -0.3 is 0 Å². The molecule has 0 amide bonds. The average Bonchev–Trinajstić information content (AvgIpc) is 2.46. The van der Waals surface area contributed by atoms with Crippen molar-refractivity contribution in [3.63, 3.8) is 0 Å². The molecule has 2 fully saturated rings. The van der Waals surface area contributed by atoms with Crippen LogP contribution in [0.15, 0.2) is 0 Å². The number of hydrogen-bond donors (Lipinski definition) is 0.